The van der Waals surface area contributed by atoms with Crippen molar-refractivity contribution < 1.29 is 0 Å². The van der Waals surface area contributed by atoms with Gasteiger partial charge in [0.25, 0.3) is 0 Å². The molecule has 0 saturated carbocycles. The molecule has 60 valence electrons. The first-order chi connectivity index (χ1) is 4.81. The Morgan fingerprint density at radius 1 is 1.20 bits per heavy atom. The second kappa shape index (κ2) is 6.79. The first-order valence-corrected chi connectivity index (χ1v) is 4.31. The molecule has 1 heteroatoms. The molecule has 0 atom stereocenters. The van der Waals surface area contributed by atoms with Crippen molar-refractivity contribution in [1.29, 1.82) is 0 Å². The lowest BCUT2D eigenvalue weighted by Crippen LogP contribution is -1.91. The molecule has 0 N–H and O–H groups in total. The molecule has 0 aliphatic carbocycles. The van der Waals surface area contributed by atoms with Gasteiger partial charge in [-0.15, -0.1) is 0 Å². The molecule has 0 unspecified atom stereocenters. The Morgan fingerprint density at radius 2 is 1.90 bits per heavy atom. The SMILES string of the molecule is CCCCCC(C)=NCC. The Hall–Kier alpha value is -0.330. The molecule has 10 heavy (non-hydrogen) atoms. The number of unbranched alkanes of at least 4 members (excludes halogenated alkanes) is 2. The van der Waals surface area contributed by atoms with Gasteiger partial charge in [0.05, 0.1) is 0 Å². The predicted octanol–water partition coefficient (Wildman–Crippen LogP) is 3.05. The van der Waals surface area contributed by atoms with Crippen LogP contribution in [0.25, 0.3) is 0 Å². The molecule has 0 radical (unpaired) electrons. The fourth-order valence-electron chi connectivity index (χ4n) is 0.980. The van der Waals surface area contributed by atoms with Crippen molar-refractivity contribution in [3.05, 3.63) is 0 Å². The fourth-order valence-corrected chi connectivity index (χ4v) is 0.980. The van der Waals surface area contributed by atoms with Gasteiger partial charge in [-0.3, -0.25) is 4.99 Å². The fraction of sp³-hybridized carbons (Fsp3) is 0.889. The molecule has 0 aromatic carbocycles. The maximum Gasteiger partial charge on any atom is 0.0360 e. The summed E-state index contributed by atoms with van der Waals surface area (Å²) in [5, 5.41) is 0. The van der Waals surface area contributed by atoms with Crippen molar-refractivity contribution in [3.8, 4) is 0 Å². The molecule has 0 saturated heterocycles. The van der Waals surface area contributed by atoms with E-state index in [2.05, 4.69) is 25.8 Å². The van der Waals surface area contributed by atoms with Gasteiger partial charge in [0, 0.05) is 12.3 Å². The van der Waals surface area contributed by atoms with Crippen LogP contribution in [-0.2, 0) is 0 Å². The van der Waals surface area contributed by atoms with Gasteiger partial charge in [0.1, 0.15) is 0 Å². The van der Waals surface area contributed by atoms with Crippen LogP contribution < -0.4 is 0 Å². The van der Waals surface area contributed by atoms with E-state index in [1.165, 1.54) is 31.4 Å². The van der Waals surface area contributed by atoms with Gasteiger partial charge < -0.3 is 0 Å². The molecule has 0 fully saturated rings. The molecule has 0 aromatic rings. The zero-order valence-electron chi connectivity index (χ0n) is 7.48. The Bertz CT molecular complexity index is 94.9. The van der Waals surface area contributed by atoms with Gasteiger partial charge in [-0.25, -0.2) is 0 Å². The third-order valence-corrected chi connectivity index (χ3v) is 1.57. The van der Waals surface area contributed by atoms with E-state index in [9.17, 15) is 0 Å². The van der Waals surface area contributed by atoms with Gasteiger partial charge in [-0.1, -0.05) is 19.8 Å². The lowest BCUT2D eigenvalue weighted by Gasteiger charge is -1.97. The van der Waals surface area contributed by atoms with Crippen LogP contribution in [0, 0.1) is 0 Å². The zero-order valence-corrected chi connectivity index (χ0v) is 7.48. The molecule has 0 spiro atoms. The summed E-state index contributed by atoms with van der Waals surface area (Å²) >= 11 is 0. The minimum atomic E-state index is 0.942. The Morgan fingerprint density at radius 3 is 2.40 bits per heavy atom. The van der Waals surface area contributed by atoms with E-state index < -0.39 is 0 Å². The van der Waals surface area contributed by atoms with Crippen LogP contribution in [0.3, 0.4) is 0 Å². The number of aliphatic imine (C=N–C) groups is 1. The van der Waals surface area contributed by atoms with Gasteiger partial charge >= 0.3 is 0 Å². The van der Waals surface area contributed by atoms with Crippen LogP contribution in [0.1, 0.15) is 46.5 Å². The summed E-state index contributed by atoms with van der Waals surface area (Å²) < 4.78 is 0. The molecule has 0 aliphatic heterocycles. The van der Waals surface area contributed by atoms with E-state index >= 15 is 0 Å². The molecule has 0 amide bonds. The van der Waals surface area contributed by atoms with Crippen molar-refractivity contribution in [1.82, 2.24) is 0 Å². The summed E-state index contributed by atoms with van der Waals surface area (Å²) in [4.78, 5) is 4.31. The third kappa shape index (κ3) is 5.80. The van der Waals surface area contributed by atoms with Crippen LogP contribution in [-0.4, -0.2) is 12.3 Å². The first kappa shape index (κ1) is 9.67. The van der Waals surface area contributed by atoms with Gasteiger partial charge in [0.2, 0.25) is 0 Å². The topological polar surface area (TPSA) is 12.4 Å². The highest BCUT2D eigenvalue weighted by Gasteiger charge is 1.89. The molecular formula is C9H19N. The molecule has 0 bridgehead atoms. The number of rotatable bonds is 5. The van der Waals surface area contributed by atoms with Crippen molar-refractivity contribution in [3.63, 3.8) is 0 Å². The highest BCUT2D eigenvalue weighted by Crippen LogP contribution is 2.00. The quantitative estimate of drug-likeness (QED) is 0.412. The second-order valence-corrected chi connectivity index (χ2v) is 2.67. The van der Waals surface area contributed by atoms with Gasteiger partial charge in [-0.05, 0) is 26.7 Å². The minimum Gasteiger partial charge on any atom is -0.295 e. The van der Waals surface area contributed by atoms with E-state index in [4.69, 9.17) is 0 Å². The van der Waals surface area contributed by atoms with E-state index in [0.717, 1.165) is 6.54 Å². The lowest BCUT2D eigenvalue weighted by molar-refractivity contribution is 0.739. The summed E-state index contributed by atoms with van der Waals surface area (Å²) in [5.74, 6) is 0. The van der Waals surface area contributed by atoms with E-state index in [-0.39, 0.29) is 0 Å². The normalized spacial score (nSPS) is 12.1. The highest BCUT2D eigenvalue weighted by molar-refractivity contribution is 5.81. The van der Waals surface area contributed by atoms with Crippen molar-refractivity contribution in [2.75, 3.05) is 6.54 Å². The zero-order chi connectivity index (χ0) is 7.82. The van der Waals surface area contributed by atoms with Crippen molar-refractivity contribution >= 4 is 5.71 Å². The number of hydrogen-bond acceptors (Lipinski definition) is 1. The third-order valence-electron chi connectivity index (χ3n) is 1.57. The Balaban J connectivity index is 3.21. The van der Waals surface area contributed by atoms with E-state index in [1.807, 2.05) is 0 Å². The van der Waals surface area contributed by atoms with Gasteiger partial charge in [-0.2, -0.15) is 0 Å². The average Bonchev–Trinajstić information content (AvgIpc) is 1.89. The van der Waals surface area contributed by atoms with Crippen molar-refractivity contribution in [2.45, 2.75) is 46.5 Å². The van der Waals surface area contributed by atoms with Crippen LogP contribution >= 0.6 is 0 Å². The Labute approximate surface area is 64.6 Å². The van der Waals surface area contributed by atoms with Gasteiger partial charge in [0.15, 0.2) is 0 Å². The number of nitrogens with zero attached hydrogens (tertiary/aromatic N) is 1. The molecule has 1 nitrogen and oxygen atoms in total. The van der Waals surface area contributed by atoms with E-state index in [0.29, 0.717) is 0 Å². The van der Waals surface area contributed by atoms with Crippen LogP contribution in [0.15, 0.2) is 4.99 Å². The highest BCUT2D eigenvalue weighted by atomic mass is 14.7. The average molecular weight is 141 g/mol. The monoisotopic (exact) mass is 141 g/mol. The van der Waals surface area contributed by atoms with Crippen LogP contribution in [0.4, 0.5) is 0 Å². The molecular weight excluding hydrogens is 122 g/mol. The standard InChI is InChI=1S/C9H19N/c1-4-6-7-8-9(3)10-5-2/h4-8H2,1-3H3. The summed E-state index contributed by atoms with van der Waals surface area (Å²) in [6.07, 6.45) is 5.16. The summed E-state index contributed by atoms with van der Waals surface area (Å²) in [5.41, 5.74) is 1.32. The minimum absolute atomic E-state index is 0.942. The molecule has 0 aliphatic rings. The largest absolute Gasteiger partial charge is 0.295 e. The maximum absolute atomic E-state index is 4.31. The molecule has 0 aromatic heterocycles. The predicted molar refractivity (Wildman–Crippen MR) is 47.8 cm³/mol. The maximum atomic E-state index is 4.31. The Kier molecular flexibility index (Phi) is 6.56. The lowest BCUT2D eigenvalue weighted by atomic mass is 10.1. The smallest absolute Gasteiger partial charge is 0.0360 e. The van der Waals surface area contributed by atoms with Crippen LogP contribution in [0.2, 0.25) is 0 Å². The first-order valence-electron chi connectivity index (χ1n) is 4.31. The van der Waals surface area contributed by atoms with Crippen LogP contribution in [0.5, 0.6) is 0 Å². The molecule has 0 heterocycles. The summed E-state index contributed by atoms with van der Waals surface area (Å²) in [7, 11) is 0. The second-order valence-electron chi connectivity index (χ2n) is 2.67. The van der Waals surface area contributed by atoms with Crippen molar-refractivity contribution in [2.24, 2.45) is 4.99 Å². The summed E-state index contributed by atoms with van der Waals surface area (Å²) in [6.45, 7) is 7.38. The number of hydrogen-bond donors (Lipinski definition) is 0. The molecule has 0 rings (SSSR count). The summed E-state index contributed by atoms with van der Waals surface area (Å²) in [6, 6.07) is 0. The van der Waals surface area contributed by atoms with E-state index in [1.54, 1.807) is 0 Å².